The monoisotopic (exact) mass is 311 g/mol. The van der Waals surface area contributed by atoms with E-state index in [4.69, 9.17) is 4.74 Å². The molecule has 1 N–H and O–H groups in total. The van der Waals surface area contributed by atoms with E-state index in [9.17, 15) is 8.42 Å². The summed E-state index contributed by atoms with van der Waals surface area (Å²) in [6.45, 7) is 3.61. The van der Waals surface area contributed by atoms with Gasteiger partial charge in [0.05, 0.1) is 10.6 Å². The van der Waals surface area contributed by atoms with Gasteiger partial charge in [0.15, 0.2) is 9.84 Å². The highest BCUT2D eigenvalue weighted by molar-refractivity contribution is 7.91. The molecule has 0 heterocycles. The van der Waals surface area contributed by atoms with E-state index in [1.807, 2.05) is 19.1 Å². The Hall–Kier alpha value is -1.07. The molecule has 1 fully saturated rings. The van der Waals surface area contributed by atoms with E-state index >= 15 is 0 Å². The second-order valence-electron chi connectivity index (χ2n) is 5.94. The van der Waals surface area contributed by atoms with E-state index in [0.29, 0.717) is 16.7 Å². The average Bonchev–Trinajstić information content (AvgIpc) is 3.24. The zero-order valence-corrected chi connectivity index (χ0v) is 13.7. The molecule has 4 nitrogen and oxygen atoms in total. The summed E-state index contributed by atoms with van der Waals surface area (Å²) in [5.41, 5.74) is 1.36. The van der Waals surface area contributed by atoms with Crippen molar-refractivity contribution in [2.75, 3.05) is 31.3 Å². The summed E-state index contributed by atoms with van der Waals surface area (Å²) in [5, 5.41) is 3.42. The van der Waals surface area contributed by atoms with Crippen molar-refractivity contribution in [2.45, 2.75) is 37.5 Å². The van der Waals surface area contributed by atoms with Crippen LogP contribution in [0.5, 0.6) is 0 Å². The number of sulfone groups is 1. The summed E-state index contributed by atoms with van der Waals surface area (Å²) in [5.74, 6) is 0.208. The zero-order chi connectivity index (χ0) is 15.3. The third-order valence-electron chi connectivity index (χ3n) is 4.15. The molecule has 0 bridgehead atoms. The van der Waals surface area contributed by atoms with E-state index in [-0.39, 0.29) is 5.75 Å². The second kappa shape index (κ2) is 6.79. The molecule has 0 radical (unpaired) electrons. The molecule has 2 rings (SSSR count). The van der Waals surface area contributed by atoms with Gasteiger partial charge in [-0.05, 0) is 55.4 Å². The lowest BCUT2D eigenvalue weighted by Gasteiger charge is -2.16. The van der Waals surface area contributed by atoms with Gasteiger partial charge in [-0.2, -0.15) is 0 Å². The summed E-state index contributed by atoms with van der Waals surface area (Å²) >= 11 is 0. The molecule has 118 valence electrons. The fraction of sp³-hybridized carbons (Fsp3) is 0.625. The molecule has 0 saturated heterocycles. The molecule has 1 aliphatic rings. The van der Waals surface area contributed by atoms with Crippen LogP contribution in [0.15, 0.2) is 29.2 Å². The van der Waals surface area contributed by atoms with E-state index in [0.717, 1.165) is 25.3 Å². The predicted molar refractivity (Wildman–Crippen MR) is 85.4 cm³/mol. The van der Waals surface area contributed by atoms with Crippen molar-refractivity contribution in [3.63, 3.8) is 0 Å². The molecule has 0 unspecified atom stereocenters. The van der Waals surface area contributed by atoms with Crippen molar-refractivity contribution in [1.82, 2.24) is 0 Å². The summed E-state index contributed by atoms with van der Waals surface area (Å²) in [6, 6.07) is 7.11. The first-order valence-electron chi connectivity index (χ1n) is 7.57. The number of anilines is 1. The van der Waals surface area contributed by atoms with Crippen LogP contribution in [-0.2, 0) is 14.6 Å². The highest BCUT2D eigenvalue weighted by Gasteiger charge is 2.41. The number of ether oxygens (including phenoxy) is 1. The van der Waals surface area contributed by atoms with Crippen molar-refractivity contribution in [3.8, 4) is 0 Å². The topological polar surface area (TPSA) is 55.4 Å². The quantitative estimate of drug-likeness (QED) is 0.761. The molecule has 21 heavy (non-hydrogen) atoms. The van der Waals surface area contributed by atoms with Crippen molar-refractivity contribution >= 4 is 15.5 Å². The maximum absolute atomic E-state index is 12.0. The van der Waals surface area contributed by atoms with Gasteiger partial charge in [-0.1, -0.05) is 6.92 Å². The van der Waals surface area contributed by atoms with Crippen LogP contribution in [0, 0.1) is 5.41 Å². The number of hydrogen-bond donors (Lipinski definition) is 1. The first-order valence-corrected chi connectivity index (χ1v) is 9.22. The molecular formula is C16H25NO3S. The Morgan fingerprint density at radius 3 is 2.43 bits per heavy atom. The Labute approximate surface area is 127 Å². The minimum absolute atomic E-state index is 0.208. The number of rotatable bonds is 9. The Kier molecular flexibility index (Phi) is 5.27. The smallest absolute Gasteiger partial charge is 0.178 e. The molecule has 0 atom stereocenters. The highest BCUT2D eigenvalue weighted by atomic mass is 32.2. The minimum Gasteiger partial charge on any atom is -0.385 e. The molecule has 0 amide bonds. The number of benzene rings is 1. The molecular weight excluding hydrogens is 286 g/mol. The van der Waals surface area contributed by atoms with E-state index in [2.05, 4.69) is 5.32 Å². The van der Waals surface area contributed by atoms with Crippen LogP contribution in [0.4, 0.5) is 5.69 Å². The van der Waals surface area contributed by atoms with Gasteiger partial charge in [0.25, 0.3) is 0 Å². The largest absolute Gasteiger partial charge is 0.385 e. The summed E-state index contributed by atoms with van der Waals surface area (Å²) in [6.07, 6.45) is 4.21. The van der Waals surface area contributed by atoms with Gasteiger partial charge in [0.1, 0.15) is 0 Å². The predicted octanol–water partition coefficient (Wildman–Crippen LogP) is 3.10. The van der Waals surface area contributed by atoms with Crippen molar-refractivity contribution in [1.29, 1.82) is 0 Å². The van der Waals surface area contributed by atoms with Crippen molar-refractivity contribution in [2.24, 2.45) is 5.41 Å². The van der Waals surface area contributed by atoms with Crippen LogP contribution >= 0.6 is 0 Å². The minimum atomic E-state index is -3.11. The average molecular weight is 311 g/mol. The normalized spacial score (nSPS) is 16.7. The van der Waals surface area contributed by atoms with Gasteiger partial charge in [0, 0.05) is 25.9 Å². The van der Waals surface area contributed by atoms with Gasteiger partial charge in [-0.3, -0.25) is 0 Å². The van der Waals surface area contributed by atoms with Crippen LogP contribution in [0.1, 0.15) is 32.6 Å². The second-order valence-corrected chi connectivity index (χ2v) is 8.05. The number of methoxy groups -OCH3 is 1. The Morgan fingerprint density at radius 1 is 1.24 bits per heavy atom. The van der Waals surface area contributed by atoms with Crippen LogP contribution in [0.3, 0.4) is 0 Å². The molecule has 1 aromatic rings. The van der Waals surface area contributed by atoms with Gasteiger partial charge in [0.2, 0.25) is 0 Å². The van der Waals surface area contributed by atoms with Crippen LogP contribution in [0.25, 0.3) is 0 Å². The summed E-state index contributed by atoms with van der Waals surface area (Å²) < 4.78 is 29.1. The first kappa shape index (κ1) is 16.3. The summed E-state index contributed by atoms with van der Waals surface area (Å²) in [4.78, 5) is 0.412. The maximum Gasteiger partial charge on any atom is 0.178 e. The fourth-order valence-electron chi connectivity index (χ4n) is 2.47. The zero-order valence-electron chi connectivity index (χ0n) is 12.9. The molecule has 0 spiro atoms. The molecule has 1 saturated carbocycles. The van der Waals surface area contributed by atoms with E-state index in [1.165, 1.54) is 12.8 Å². The Bertz CT molecular complexity index is 547. The molecule has 1 aromatic carbocycles. The lowest BCUT2D eigenvalue weighted by atomic mass is 10.0. The van der Waals surface area contributed by atoms with Gasteiger partial charge in [-0.25, -0.2) is 8.42 Å². The third-order valence-corrected chi connectivity index (χ3v) is 6.08. The standard InChI is InChI=1S/C16H25NO3S/c1-3-12-21(18,19)15-6-4-14(5-7-15)17-13-16(8-9-16)10-11-20-2/h4-7,17H,3,8-13H2,1-2H3. The molecule has 0 aliphatic heterocycles. The van der Waals surface area contributed by atoms with Gasteiger partial charge >= 0.3 is 0 Å². The van der Waals surface area contributed by atoms with Gasteiger partial charge < -0.3 is 10.1 Å². The number of nitrogens with one attached hydrogen (secondary N) is 1. The molecule has 1 aliphatic carbocycles. The Morgan fingerprint density at radius 2 is 1.90 bits per heavy atom. The van der Waals surface area contributed by atoms with Crippen LogP contribution in [0.2, 0.25) is 0 Å². The van der Waals surface area contributed by atoms with Gasteiger partial charge in [-0.15, -0.1) is 0 Å². The maximum atomic E-state index is 12.0. The lowest BCUT2D eigenvalue weighted by molar-refractivity contribution is 0.175. The fourth-order valence-corrected chi connectivity index (χ4v) is 3.79. The first-order chi connectivity index (χ1) is 10.0. The molecule has 5 heteroatoms. The Balaban J connectivity index is 1.91. The van der Waals surface area contributed by atoms with E-state index in [1.54, 1.807) is 19.2 Å². The molecule has 0 aromatic heterocycles. The van der Waals surface area contributed by atoms with E-state index < -0.39 is 9.84 Å². The summed E-state index contributed by atoms with van der Waals surface area (Å²) in [7, 11) is -1.38. The van der Waals surface area contributed by atoms with Crippen molar-refractivity contribution in [3.05, 3.63) is 24.3 Å². The highest BCUT2D eigenvalue weighted by Crippen LogP contribution is 2.48. The van der Waals surface area contributed by atoms with Crippen LogP contribution in [-0.4, -0.2) is 34.4 Å². The number of hydrogen-bond acceptors (Lipinski definition) is 4. The van der Waals surface area contributed by atoms with Crippen LogP contribution < -0.4 is 5.32 Å². The van der Waals surface area contributed by atoms with Crippen molar-refractivity contribution < 1.29 is 13.2 Å². The SMILES string of the molecule is CCCS(=O)(=O)c1ccc(NCC2(CCOC)CC2)cc1. The lowest BCUT2D eigenvalue weighted by Crippen LogP contribution is -2.17. The third kappa shape index (κ3) is 4.45.